The van der Waals surface area contributed by atoms with Crippen molar-refractivity contribution < 1.29 is 4.74 Å². The first-order valence-electron chi connectivity index (χ1n) is 6.61. The summed E-state index contributed by atoms with van der Waals surface area (Å²) in [4.78, 5) is 0.362. The van der Waals surface area contributed by atoms with Gasteiger partial charge in [-0.2, -0.15) is 0 Å². The van der Waals surface area contributed by atoms with Crippen LogP contribution >= 0.6 is 31.9 Å². The molecule has 1 aromatic carbocycles. The van der Waals surface area contributed by atoms with Crippen molar-refractivity contribution in [2.24, 2.45) is 5.92 Å². The number of ether oxygens (including phenoxy) is 1. The minimum atomic E-state index is 0.362. The van der Waals surface area contributed by atoms with Crippen LogP contribution in [0.3, 0.4) is 0 Å². The van der Waals surface area contributed by atoms with Crippen LogP contribution in [0.1, 0.15) is 49.9 Å². The maximum atomic E-state index is 5.47. The van der Waals surface area contributed by atoms with E-state index in [1.165, 1.54) is 31.2 Å². The highest BCUT2D eigenvalue weighted by molar-refractivity contribution is 9.10. The summed E-state index contributed by atoms with van der Waals surface area (Å²) in [6, 6.07) is 6.21. The highest BCUT2D eigenvalue weighted by Gasteiger charge is 2.21. The summed E-state index contributed by atoms with van der Waals surface area (Å²) in [5.41, 5.74) is 1.25. The first-order valence-corrected chi connectivity index (χ1v) is 8.32. The van der Waals surface area contributed by atoms with Gasteiger partial charge in [0.2, 0.25) is 0 Å². The Morgan fingerprint density at radius 2 is 2.00 bits per heavy atom. The third-order valence-electron chi connectivity index (χ3n) is 3.36. The Kier molecular flexibility index (Phi) is 7.31. The maximum absolute atomic E-state index is 5.47. The van der Waals surface area contributed by atoms with Gasteiger partial charge in [-0.25, -0.2) is 0 Å². The van der Waals surface area contributed by atoms with Crippen molar-refractivity contribution in [3.8, 4) is 5.75 Å². The molecular weight excluding hydrogens is 356 g/mol. The zero-order valence-electron chi connectivity index (χ0n) is 11.4. The van der Waals surface area contributed by atoms with E-state index in [2.05, 4.69) is 51.8 Å². The monoisotopic (exact) mass is 376 g/mol. The first-order chi connectivity index (χ1) is 8.63. The van der Waals surface area contributed by atoms with Gasteiger partial charge in [-0.15, -0.1) is 0 Å². The SMILES string of the molecule is CCCCC(CC)C(Br)c1cc(Br)ccc1OC. The summed E-state index contributed by atoms with van der Waals surface area (Å²) in [7, 11) is 1.74. The fraction of sp³-hybridized carbons (Fsp3) is 0.600. The first kappa shape index (κ1) is 16.0. The molecule has 0 heterocycles. The summed E-state index contributed by atoms with van der Waals surface area (Å²) in [6.45, 7) is 4.51. The van der Waals surface area contributed by atoms with Gasteiger partial charge in [-0.1, -0.05) is 65.0 Å². The zero-order valence-corrected chi connectivity index (χ0v) is 14.6. The second-order valence-corrected chi connectivity index (χ2v) is 6.50. The number of hydrogen-bond acceptors (Lipinski definition) is 1. The molecule has 2 atom stereocenters. The van der Waals surface area contributed by atoms with E-state index >= 15 is 0 Å². The highest BCUT2D eigenvalue weighted by atomic mass is 79.9. The molecule has 0 aliphatic carbocycles. The van der Waals surface area contributed by atoms with E-state index in [1.54, 1.807) is 7.11 Å². The van der Waals surface area contributed by atoms with Crippen LogP contribution in [0.5, 0.6) is 5.75 Å². The van der Waals surface area contributed by atoms with Gasteiger partial charge in [0.05, 0.1) is 7.11 Å². The van der Waals surface area contributed by atoms with Gasteiger partial charge in [0.1, 0.15) is 5.75 Å². The third kappa shape index (κ3) is 4.27. The van der Waals surface area contributed by atoms with Crippen LogP contribution in [0.15, 0.2) is 22.7 Å². The third-order valence-corrected chi connectivity index (χ3v) is 5.09. The molecule has 1 rings (SSSR count). The molecule has 0 spiro atoms. The lowest BCUT2D eigenvalue weighted by Crippen LogP contribution is -2.08. The number of unbranched alkanes of at least 4 members (excludes halogenated alkanes) is 1. The number of methoxy groups -OCH3 is 1. The molecule has 1 aromatic rings. The van der Waals surface area contributed by atoms with Crippen molar-refractivity contribution in [3.63, 3.8) is 0 Å². The second-order valence-electron chi connectivity index (χ2n) is 4.60. The largest absolute Gasteiger partial charge is 0.496 e. The molecule has 0 fully saturated rings. The lowest BCUT2D eigenvalue weighted by Gasteiger charge is -2.23. The summed E-state index contributed by atoms with van der Waals surface area (Å²) >= 11 is 7.41. The van der Waals surface area contributed by atoms with Crippen LogP contribution in [0.2, 0.25) is 0 Å². The predicted octanol–water partition coefficient (Wildman–Crippen LogP) is 6.11. The smallest absolute Gasteiger partial charge is 0.123 e. The van der Waals surface area contributed by atoms with Crippen LogP contribution in [0.25, 0.3) is 0 Å². The fourth-order valence-corrected chi connectivity index (χ4v) is 3.57. The Balaban J connectivity index is 2.92. The van der Waals surface area contributed by atoms with Crippen molar-refractivity contribution in [1.29, 1.82) is 0 Å². The average Bonchev–Trinajstić information content (AvgIpc) is 2.39. The Morgan fingerprint density at radius 3 is 2.56 bits per heavy atom. The molecule has 0 aliphatic heterocycles. The molecule has 0 aliphatic rings. The molecular formula is C15H22Br2O. The molecule has 0 saturated heterocycles. The van der Waals surface area contributed by atoms with E-state index in [-0.39, 0.29) is 0 Å². The molecule has 0 bridgehead atoms. The Morgan fingerprint density at radius 1 is 1.28 bits per heavy atom. The van der Waals surface area contributed by atoms with E-state index in [0.29, 0.717) is 10.7 Å². The summed E-state index contributed by atoms with van der Waals surface area (Å²) in [5.74, 6) is 1.63. The number of alkyl halides is 1. The molecule has 0 radical (unpaired) electrons. The minimum absolute atomic E-state index is 0.362. The van der Waals surface area contributed by atoms with E-state index in [0.717, 1.165) is 10.2 Å². The molecule has 18 heavy (non-hydrogen) atoms. The number of benzene rings is 1. The minimum Gasteiger partial charge on any atom is -0.496 e. The van der Waals surface area contributed by atoms with Gasteiger partial charge in [0.15, 0.2) is 0 Å². The normalized spacial score (nSPS) is 14.3. The van der Waals surface area contributed by atoms with Crippen molar-refractivity contribution in [2.75, 3.05) is 7.11 Å². The van der Waals surface area contributed by atoms with Crippen LogP contribution in [-0.2, 0) is 0 Å². The molecule has 0 saturated carbocycles. The summed E-state index contributed by atoms with van der Waals surface area (Å²) in [5, 5.41) is 0. The van der Waals surface area contributed by atoms with Crippen molar-refractivity contribution in [2.45, 2.75) is 44.4 Å². The van der Waals surface area contributed by atoms with Crippen LogP contribution in [0, 0.1) is 5.92 Å². The van der Waals surface area contributed by atoms with Crippen molar-refractivity contribution in [3.05, 3.63) is 28.2 Å². The summed E-state index contributed by atoms with van der Waals surface area (Å²) in [6.07, 6.45) is 4.99. The number of halogens is 2. The molecule has 3 heteroatoms. The van der Waals surface area contributed by atoms with Gasteiger partial charge < -0.3 is 4.74 Å². The molecule has 1 nitrogen and oxygen atoms in total. The second kappa shape index (κ2) is 8.21. The van der Waals surface area contributed by atoms with Crippen molar-refractivity contribution >= 4 is 31.9 Å². The zero-order chi connectivity index (χ0) is 13.5. The van der Waals surface area contributed by atoms with Crippen LogP contribution in [0.4, 0.5) is 0 Å². The van der Waals surface area contributed by atoms with E-state index in [4.69, 9.17) is 4.74 Å². The lowest BCUT2D eigenvalue weighted by molar-refractivity contribution is 0.395. The molecule has 0 amide bonds. The van der Waals surface area contributed by atoms with Gasteiger partial charge >= 0.3 is 0 Å². The average molecular weight is 378 g/mol. The maximum Gasteiger partial charge on any atom is 0.123 e. The Labute approximate surface area is 128 Å². The fourth-order valence-electron chi connectivity index (χ4n) is 2.20. The molecule has 2 unspecified atom stereocenters. The quantitative estimate of drug-likeness (QED) is 0.520. The standard InChI is InChI=1S/C15H22Br2O/c1-4-6-7-11(5-2)15(17)13-10-12(16)8-9-14(13)18-3/h8-11,15H,4-7H2,1-3H3. The Hall–Kier alpha value is -0.0200. The topological polar surface area (TPSA) is 9.23 Å². The van der Waals surface area contributed by atoms with Gasteiger partial charge in [0.25, 0.3) is 0 Å². The highest BCUT2D eigenvalue weighted by Crippen LogP contribution is 2.41. The Bertz CT molecular complexity index is 366. The predicted molar refractivity (Wildman–Crippen MR) is 85.7 cm³/mol. The number of hydrogen-bond donors (Lipinski definition) is 0. The van der Waals surface area contributed by atoms with E-state index in [1.807, 2.05) is 12.1 Å². The molecule has 102 valence electrons. The molecule has 0 N–H and O–H groups in total. The van der Waals surface area contributed by atoms with Crippen LogP contribution in [-0.4, -0.2) is 7.11 Å². The van der Waals surface area contributed by atoms with Gasteiger partial charge in [-0.05, 0) is 30.5 Å². The number of rotatable bonds is 7. The summed E-state index contributed by atoms with van der Waals surface area (Å²) < 4.78 is 6.57. The van der Waals surface area contributed by atoms with E-state index in [9.17, 15) is 0 Å². The van der Waals surface area contributed by atoms with E-state index < -0.39 is 0 Å². The van der Waals surface area contributed by atoms with Gasteiger partial charge in [0, 0.05) is 14.9 Å². The molecule has 0 aromatic heterocycles. The van der Waals surface area contributed by atoms with Gasteiger partial charge in [-0.3, -0.25) is 0 Å². The van der Waals surface area contributed by atoms with Crippen molar-refractivity contribution in [1.82, 2.24) is 0 Å². The van der Waals surface area contributed by atoms with Crippen LogP contribution < -0.4 is 4.74 Å². The lowest BCUT2D eigenvalue weighted by atomic mass is 9.91.